The van der Waals surface area contributed by atoms with Gasteiger partial charge in [0.2, 0.25) is 0 Å². The summed E-state index contributed by atoms with van der Waals surface area (Å²) >= 11 is 0. The standard InChI is InChI=1S/C19H25N3/c1-13-5-8-16(9-6-13)19-17(12-21-22-19)11-20-18-10-14(2)4-7-15(18)3/h4-10,17,19-22H,11-12H2,1-3H3. The van der Waals surface area contributed by atoms with E-state index in [1.807, 2.05) is 0 Å². The lowest BCUT2D eigenvalue weighted by atomic mass is 9.94. The largest absolute Gasteiger partial charge is 0.384 e. The van der Waals surface area contributed by atoms with Gasteiger partial charge < -0.3 is 5.32 Å². The van der Waals surface area contributed by atoms with Crippen molar-refractivity contribution < 1.29 is 0 Å². The molecule has 0 spiro atoms. The van der Waals surface area contributed by atoms with E-state index < -0.39 is 0 Å². The predicted octanol–water partition coefficient (Wildman–Crippen LogP) is 3.49. The van der Waals surface area contributed by atoms with Crippen LogP contribution in [0.2, 0.25) is 0 Å². The third kappa shape index (κ3) is 3.32. The number of hydrazine groups is 1. The molecule has 1 aliphatic rings. The highest BCUT2D eigenvalue weighted by molar-refractivity contribution is 5.52. The highest BCUT2D eigenvalue weighted by atomic mass is 15.4. The molecule has 1 saturated heterocycles. The van der Waals surface area contributed by atoms with Gasteiger partial charge in [0, 0.05) is 24.7 Å². The van der Waals surface area contributed by atoms with Crippen LogP contribution in [0.15, 0.2) is 42.5 Å². The van der Waals surface area contributed by atoms with Gasteiger partial charge in [-0.15, -0.1) is 0 Å². The van der Waals surface area contributed by atoms with Crippen molar-refractivity contribution in [1.82, 2.24) is 10.9 Å². The number of hydrogen-bond donors (Lipinski definition) is 3. The summed E-state index contributed by atoms with van der Waals surface area (Å²) in [6.45, 7) is 8.37. The van der Waals surface area contributed by atoms with Crippen LogP contribution in [0.25, 0.3) is 0 Å². The van der Waals surface area contributed by atoms with Crippen molar-refractivity contribution in [2.45, 2.75) is 26.8 Å². The fraction of sp³-hybridized carbons (Fsp3) is 0.368. The molecule has 3 N–H and O–H groups in total. The molecular weight excluding hydrogens is 270 g/mol. The van der Waals surface area contributed by atoms with Gasteiger partial charge in [0.15, 0.2) is 0 Å². The van der Waals surface area contributed by atoms with Crippen LogP contribution in [0, 0.1) is 26.7 Å². The molecule has 2 aromatic carbocycles. The van der Waals surface area contributed by atoms with E-state index in [4.69, 9.17) is 0 Å². The monoisotopic (exact) mass is 295 g/mol. The lowest BCUT2D eigenvalue weighted by Gasteiger charge is -2.21. The van der Waals surface area contributed by atoms with Crippen molar-refractivity contribution in [3.8, 4) is 0 Å². The Morgan fingerprint density at radius 2 is 1.73 bits per heavy atom. The van der Waals surface area contributed by atoms with Crippen molar-refractivity contribution in [2.75, 3.05) is 18.4 Å². The maximum absolute atomic E-state index is 3.63. The van der Waals surface area contributed by atoms with Gasteiger partial charge in [0.1, 0.15) is 0 Å². The second-order valence-electron chi connectivity index (χ2n) is 6.37. The summed E-state index contributed by atoms with van der Waals surface area (Å²) in [6, 6.07) is 15.8. The first-order valence-electron chi connectivity index (χ1n) is 7.99. The van der Waals surface area contributed by atoms with Gasteiger partial charge in [-0.05, 0) is 43.5 Å². The fourth-order valence-corrected chi connectivity index (χ4v) is 3.02. The van der Waals surface area contributed by atoms with Crippen molar-refractivity contribution in [2.24, 2.45) is 5.92 Å². The van der Waals surface area contributed by atoms with E-state index in [1.165, 1.54) is 27.9 Å². The van der Waals surface area contributed by atoms with E-state index in [0.717, 1.165) is 13.1 Å². The molecule has 2 atom stereocenters. The molecule has 1 heterocycles. The molecule has 1 fully saturated rings. The van der Waals surface area contributed by atoms with Crippen LogP contribution in [0.4, 0.5) is 5.69 Å². The lowest BCUT2D eigenvalue weighted by molar-refractivity contribution is 0.493. The second kappa shape index (κ2) is 6.51. The normalized spacial score (nSPS) is 21.0. The molecule has 0 aromatic heterocycles. The van der Waals surface area contributed by atoms with Gasteiger partial charge in [-0.2, -0.15) is 0 Å². The molecule has 1 aliphatic heterocycles. The molecule has 3 heteroatoms. The summed E-state index contributed by atoms with van der Waals surface area (Å²) in [5.74, 6) is 0.530. The molecule has 2 unspecified atom stereocenters. The van der Waals surface area contributed by atoms with E-state index in [9.17, 15) is 0 Å². The van der Waals surface area contributed by atoms with Crippen LogP contribution in [0.3, 0.4) is 0 Å². The van der Waals surface area contributed by atoms with Crippen LogP contribution >= 0.6 is 0 Å². The molecule has 0 bridgehead atoms. The Kier molecular flexibility index (Phi) is 4.46. The van der Waals surface area contributed by atoms with Crippen molar-refractivity contribution in [3.63, 3.8) is 0 Å². The third-order valence-electron chi connectivity index (χ3n) is 4.48. The highest BCUT2D eigenvalue weighted by Crippen LogP contribution is 2.26. The van der Waals surface area contributed by atoms with Gasteiger partial charge in [-0.3, -0.25) is 5.43 Å². The van der Waals surface area contributed by atoms with Crippen LogP contribution in [-0.4, -0.2) is 13.1 Å². The highest BCUT2D eigenvalue weighted by Gasteiger charge is 2.27. The summed E-state index contributed by atoms with van der Waals surface area (Å²) in [6.07, 6.45) is 0. The number of aryl methyl sites for hydroxylation is 3. The third-order valence-corrected chi connectivity index (χ3v) is 4.48. The molecule has 3 nitrogen and oxygen atoms in total. The number of anilines is 1. The van der Waals surface area contributed by atoms with Gasteiger partial charge in [-0.1, -0.05) is 42.0 Å². The van der Waals surface area contributed by atoms with E-state index in [2.05, 4.69) is 79.4 Å². The minimum atomic E-state index is 0.359. The minimum Gasteiger partial charge on any atom is -0.384 e. The molecule has 3 rings (SSSR count). The molecule has 0 radical (unpaired) electrons. The fourth-order valence-electron chi connectivity index (χ4n) is 3.02. The Morgan fingerprint density at radius 3 is 2.50 bits per heavy atom. The van der Waals surface area contributed by atoms with Crippen LogP contribution in [0.1, 0.15) is 28.3 Å². The Labute approximate surface area is 133 Å². The Balaban J connectivity index is 1.69. The van der Waals surface area contributed by atoms with Crippen molar-refractivity contribution >= 4 is 5.69 Å². The quantitative estimate of drug-likeness (QED) is 0.808. The lowest BCUT2D eigenvalue weighted by Crippen LogP contribution is -2.26. The zero-order valence-electron chi connectivity index (χ0n) is 13.6. The van der Waals surface area contributed by atoms with Crippen LogP contribution in [0.5, 0.6) is 0 Å². The zero-order valence-corrected chi connectivity index (χ0v) is 13.6. The molecule has 116 valence electrons. The maximum atomic E-state index is 3.63. The summed E-state index contributed by atoms with van der Waals surface area (Å²) in [4.78, 5) is 0. The van der Waals surface area contributed by atoms with Crippen LogP contribution in [-0.2, 0) is 0 Å². The first-order valence-corrected chi connectivity index (χ1v) is 7.99. The van der Waals surface area contributed by atoms with Crippen molar-refractivity contribution in [1.29, 1.82) is 0 Å². The predicted molar refractivity (Wildman–Crippen MR) is 93.0 cm³/mol. The zero-order chi connectivity index (χ0) is 15.5. The van der Waals surface area contributed by atoms with Gasteiger partial charge in [-0.25, -0.2) is 5.43 Å². The molecule has 0 aliphatic carbocycles. The molecule has 0 amide bonds. The van der Waals surface area contributed by atoms with Crippen LogP contribution < -0.4 is 16.2 Å². The average Bonchev–Trinajstić information content (AvgIpc) is 2.97. The second-order valence-corrected chi connectivity index (χ2v) is 6.37. The summed E-state index contributed by atoms with van der Waals surface area (Å²) < 4.78 is 0. The van der Waals surface area contributed by atoms with E-state index >= 15 is 0 Å². The summed E-state index contributed by atoms with van der Waals surface area (Å²) in [5, 5.41) is 3.63. The number of hydrogen-bond acceptors (Lipinski definition) is 3. The van der Waals surface area contributed by atoms with Gasteiger partial charge >= 0.3 is 0 Å². The molecule has 0 saturated carbocycles. The Bertz CT molecular complexity index is 634. The summed E-state index contributed by atoms with van der Waals surface area (Å²) in [5.41, 5.74) is 13.2. The average molecular weight is 295 g/mol. The SMILES string of the molecule is Cc1ccc(C2NNCC2CNc2cc(C)ccc2C)cc1. The Morgan fingerprint density at radius 1 is 1.00 bits per heavy atom. The minimum absolute atomic E-state index is 0.359. The maximum Gasteiger partial charge on any atom is 0.0520 e. The van der Waals surface area contributed by atoms with E-state index in [-0.39, 0.29) is 0 Å². The number of benzene rings is 2. The first kappa shape index (κ1) is 15.1. The number of nitrogens with one attached hydrogen (secondary N) is 3. The molecule has 2 aromatic rings. The summed E-state index contributed by atoms with van der Waals surface area (Å²) in [7, 11) is 0. The first-order chi connectivity index (χ1) is 10.6. The molecule has 22 heavy (non-hydrogen) atoms. The van der Waals surface area contributed by atoms with E-state index in [0.29, 0.717) is 12.0 Å². The topological polar surface area (TPSA) is 36.1 Å². The van der Waals surface area contributed by atoms with Crippen molar-refractivity contribution in [3.05, 3.63) is 64.7 Å². The smallest absolute Gasteiger partial charge is 0.0520 e. The molecular formula is C19H25N3. The van der Waals surface area contributed by atoms with E-state index in [1.54, 1.807) is 0 Å². The van der Waals surface area contributed by atoms with Gasteiger partial charge in [0.25, 0.3) is 0 Å². The Hall–Kier alpha value is -1.84. The van der Waals surface area contributed by atoms with Gasteiger partial charge in [0.05, 0.1) is 6.04 Å². The number of rotatable bonds is 4.